The summed E-state index contributed by atoms with van der Waals surface area (Å²) in [4.78, 5) is 16.6. The maximum absolute atomic E-state index is 15.3. The first-order valence-electron chi connectivity index (χ1n) is 12.4. The third kappa shape index (κ3) is 4.98. The first-order chi connectivity index (χ1) is 20.4. The maximum Gasteiger partial charge on any atom is 0.250 e. The standard InChI is InChI=1S/C28H18ClFN10O2/c29-22-5-7-24(39-17-33-35-36-39)27(28(22)30)19-4-6-23(40(42)15-19)25(16-37-10-2-1-3-26(37)41)38-14-20(13-34-38)18-8-9-32-21(11-18)12-31/h1-11,13-15,17,25H,16H2. The van der Waals surface area contributed by atoms with Gasteiger partial charge in [0.25, 0.3) is 5.56 Å². The summed E-state index contributed by atoms with van der Waals surface area (Å²) in [7, 11) is 0. The molecule has 0 spiro atoms. The Morgan fingerprint density at radius 2 is 2.00 bits per heavy atom. The summed E-state index contributed by atoms with van der Waals surface area (Å²) < 4.78 is 20.3. The molecule has 6 rings (SSSR count). The normalized spacial score (nSPS) is 11.7. The van der Waals surface area contributed by atoms with Gasteiger partial charge in [0.15, 0.2) is 18.1 Å². The highest BCUT2D eigenvalue weighted by atomic mass is 35.5. The van der Waals surface area contributed by atoms with Gasteiger partial charge in [-0.3, -0.25) is 9.48 Å². The molecule has 0 radical (unpaired) electrons. The summed E-state index contributed by atoms with van der Waals surface area (Å²) >= 11 is 6.09. The van der Waals surface area contributed by atoms with Crippen molar-refractivity contribution in [1.82, 2.24) is 39.5 Å². The van der Waals surface area contributed by atoms with Gasteiger partial charge in [0, 0.05) is 36.3 Å². The second-order valence-electron chi connectivity index (χ2n) is 9.14. The smallest absolute Gasteiger partial charge is 0.250 e. The summed E-state index contributed by atoms with van der Waals surface area (Å²) in [6.45, 7) is 0.0730. The van der Waals surface area contributed by atoms with E-state index in [1.165, 1.54) is 40.1 Å². The number of rotatable bonds is 7. The summed E-state index contributed by atoms with van der Waals surface area (Å²) in [5.41, 5.74) is 2.17. The van der Waals surface area contributed by atoms with E-state index >= 15 is 4.39 Å². The molecule has 14 heteroatoms. The third-order valence-corrected chi connectivity index (χ3v) is 6.93. The molecule has 1 aromatic carbocycles. The van der Waals surface area contributed by atoms with Gasteiger partial charge in [-0.1, -0.05) is 17.7 Å². The maximum atomic E-state index is 15.3. The van der Waals surface area contributed by atoms with E-state index < -0.39 is 11.9 Å². The number of hydrogen-bond donors (Lipinski definition) is 0. The summed E-state index contributed by atoms with van der Waals surface area (Å²) in [5.74, 6) is -0.740. The third-order valence-electron chi connectivity index (χ3n) is 6.64. The molecule has 12 nitrogen and oxygen atoms in total. The number of benzene rings is 1. The lowest BCUT2D eigenvalue weighted by molar-refractivity contribution is -0.615. The molecular formula is C28H18ClFN10O2. The fourth-order valence-electron chi connectivity index (χ4n) is 4.62. The molecule has 0 saturated carbocycles. The minimum atomic E-state index is -0.745. The zero-order valence-corrected chi connectivity index (χ0v) is 22.2. The molecule has 0 N–H and O–H groups in total. The van der Waals surface area contributed by atoms with Crippen molar-refractivity contribution in [2.24, 2.45) is 0 Å². The molecule has 0 aliphatic heterocycles. The van der Waals surface area contributed by atoms with Crippen molar-refractivity contribution in [3.63, 3.8) is 0 Å². The quantitative estimate of drug-likeness (QED) is 0.206. The number of aromatic nitrogens is 9. The van der Waals surface area contributed by atoms with E-state index in [0.29, 0.717) is 15.9 Å². The van der Waals surface area contributed by atoms with Crippen molar-refractivity contribution in [2.75, 3.05) is 0 Å². The highest BCUT2D eigenvalue weighted by Crippen LogP contribution is 2.33. The molecule has 0 aliphatic rings. The zero-order valence-electron chi connectivity index (χ0n) is 21.5. The number of halogens is 2. The number of nitriles is 1. The van der Waals surface area contributed by atoms with Crippen molar-refractivity contribution in [1.29, 1.82) is 5.26 Å². The largest absolute Gasteiger partial charge is 0.618 e. The molecule has 0 aliphatic carbocycles. The van der Waals surface area contributed by atoms with Crippen molar-refractivity contribution < 1.29 is 9.12 Å². The van der Waals surface area contributed by atoms with Gasteiger partial charge in [-0.15, -0.1) is 5.10 Å². The minimum absolute atomic E-state index is 0.0362. The van der Waals surface area contributed by atoms with E-state index in [1.807, 2.05) is 6.07 Å². The average Bonchev–Trinajstić information content (AvgIpc) is 3.72. The summed E-state index contributed by atoms with van der Waals surface area (Å²) in [5, 5.41) is 38.2. The fraction of sp³-hybridized carbons (Fsp3) is 0.0714. The Hall–Kier alpha value is -5.74. The Morgan fingerprint density at radius 3 is 2.76 bits per heavy atom. The van der Waals surface area contributed by atoms with Gasteiger partial charge >= 0.3 is 0 Å². The molecule has 206 valence electrons. The van der Waals surface area contributed by atoms with E-state index in [0.717, 1.165) is 0 Å². The highest BCUT2D eigenvalue weighted by Gasteiger charge is 2.26. The zero-order chi connectivity index (χ0) is 29.2. The van der Waals surface area contributed by atoms with Crippen LogP contribution in [0.4, 0.5) is 4.39 Å². The molecule has 0 amide bonds. The Labute approximate surface area is 241 Å². The van der Waals surface area contributed by atoms with Gasteiger partial charge in [-0.25, -0.2) is 9.37 Å². The second kappa shape index (κ2) is 11.0. The Kier molecular flexibility index (Phi) is 6.95. The van der Waals surface area contributed by atoms with E-state index in [1.54, 1.807) is 65.7 Å². The number of hydrogen-bond acceptors (Lipinski definition) is 8. The monoisotopic (exact) mass is 580 g/mol. The predicted molar refractivity (Wildman–Crippen MR) is 148 cm³/mol. The number of tetrazole rings is 1. The van der Waals surface area contributed by atoms with Crippen LogP contribution in [0.15, 0.2) is 96.7 Å². The molecule has 0 fully saturated rings. The summed E-state index contributed by atoms with van der Waals surface area (Å²) in [6, 6.07) is 15.4. The molecule has 5 aromatic heterocycles. The van der Waals surface area contributed by atoms with E-state index in [2.05, 4.69) is 25.6 Å². The van der Waals surface area contributed by atoms with Gasteiger partial charge in [-0.2, -0.15) is 19.8 Å². The van der Waals surface area contributed by atoms with Gasteiger partial charge in [0.2, 0.25) is 5.69 Å². The van der Waals surface area contributed by atoms with Crippen molar-refractivity contribution in [3.8, 4) is 34.0 Å². The van der Waals surface area contributed by atoms with Gasteiger partial charge in [0.05, 0.1) is 34.6 Å². The van der Waals surface area contributed by atoms with Crippen molar-refractivity contribution >= 4 is 11.6 Å². The van der Waals surface area contributed by atoms with Crippen LogP contribution in [0.1, 0.15) is 17.4 Å². The first kappa shape index (κ1) is 26.5. The number of pyridine rings is 3. The Morgan fingerprint density at radius 1 is 1.12 bits per heavy atom. The molecular weight excluding hydrogens is 563 g/mol. The topological polar surface area (TPSA) is 147 Å². The minimum Gasteiger partial charge on any atom is -0.618 e. The Balaban J connectivity index is 1.45. The van der Waals surface area contributed by atoms with Crippen LogP contribution < -0.4 is 10.3 Å². The van der Waals surface area contributed by atoms with Gasteiger partial charge < -0.3 is 9.77 Å². The van der Waals surface area contributed by atoms with Crippen LogP contribution in [0.2, 0.25) is 5.02 Å². The first-order valence-corrected chi connectivity index (χ1v) is 12.8. The Bertz CT molecular complexity index is 2020. The van der Waals surface area contributed by atoms with Gasteiger partial charge in [0.1, 0.15) is 18.1 Å². The molecule has 6 aromatic rings. The predicted octanol–water partition coefficient (Wildman–Crippen LogP) is 3.34. The van der Waals surface area contributed by atoms with Gasteiger partial charge in [-0.05, 0) is 52.4 Å². The molecule has 0 saturated heterocycles. The van der Waals surface area contributed by atoms with Crippen LogP contribution in [-0.2, 0) is 6.54 Å². The highest BCUT2D eigenvalue weighted by molar-refractivity contribution is 6.31. The fourth-order valence-corrected chi connectivity index (χ4v) is 4.77. The lowest BCUT2D eigenvalue weighted by atomic mass is 10.0. The SMILES string of the molecule is N#Cc1cc(-c2cnn(C(Cn3ccccc3=O)c3ccc(-c4c(-n5cnnn5)ccc(Cl)c4F)c[n+]3[O-])c2)ccn1. The van der Waals surface area contributed by atoms with Crippen LogP contribution in [-0.4, -0.2) is 39.5 Å². The van der Waals surface area contributed by atoms with E-state index in [9.17, 15) is 15.3 Å². The van der Waals surface area contributed by atoms with Crippen LogP contribution in [0.5, 0.6) is 0 Å². The van der Waals surface area contributed by atoms with Crippen molar-refractivity contribution in [2.45, 2.75) is 12.6 Å². The van der Waals surface area contributed by atoms with Crippen LogP contribution in [0.25, 0.3) is 27.9 Å². The molecule has 5 heterocycles. The van der Waals surface area contributed by atoms with Crippen LogP contribution in [0.3, 0.4) is 0 Å². The second-order valence-corrected chi connectivity index (χ2v) is 9.54. The summed E-state index contributed by atoms with van der Waals surface area (Å²) in [6.07, 6.45) is 8.98. The van der Waals surface area contributed by atoms with E-state index in [-0.39, 0.29) is 45.3 Å². The average molecular weight is 581 g/mol. The molecule has 42 heavy (non-hydrogen) atoms. The molecule has 1 atom stereocenters. The lowest BCUT2D eigenvalue weighted by Crippen LogP contribution is -2.38. The van der Waals surface area contributed by atoms with E-state index in [4.69, 9.17) is 11.6 Å². The van der Waals surface area contributed by atoms with Crippen LogP contribution >= 0.6 is 11.6 Å². The lowest BCUT2D eigenvalue weighted by Gasteiger charge is -2.19. The van der Waals surface area contributed by atoms with Crippen molar-refractivity contribution in [3.05, 3.63) is 130 Å². The molecule has 1 unspecified atom stereocenters. The number of nitrogens with zero attached hydrogens (tertiary/aromatic N) is 10. The van der Waals surface area contributed by atoms with Crippen LogP contribution in [0, 0.1) is 22.4 Å². The molecule has 0 bridgehead atoms.